The van der Waals surface area contributed by atoms with Gasteiger partial charge >= 0.3 is 5.69 Å². The average Bonchev–Trinajstić information content (AvgIpc) is 2.46. The first kappa shape index (κ1) is 13.9. The third-order valence-corrected chi connectivity index (χ3v) is 3.78. The maximum atomic E-state index is 11.2. The summed E-state index contributed by atoms with van der Waals surface area (Å²) in [6.07, 6.45) is 3.44. The van der Waals surface area contributed by atoms with E-state index in [0.717, 1.165) is 19.3 Å². The van der Waals surface area contributed by atoms with Crippen LogP contribution in [-0.4, -0.2) is 30.3 Å². The number of fused-ring (bicyclic) bond motifs is 1. The van der Waals surface area contributed by atoms with Crippen molar-refractivity contribution >= 4 is 5.69 Å². The second kappa shape index (κ2) is 5.77. The number of nitrogens with zero attached hydrogens (tertiary/aromatic N) is 1. The van der Waals surface area contributed by atoms with Gasteiger partial charge < -0.3 is 19.9 Å². The molecule has 2 unspecified atom stereocenters. The SMILES string of the molecule is NC1CCCC(Oc2cc3c(cc2[N+](=O)[O-])OCCO3)C1. The minimum Gasteiger partial charge on any atom is -0.486 e. The van der Waals surface area contributed by atoms with Crippen LogP contribution in [0.15, 0.2) is 12.1 Å². The van der Waals surface area contributed by atoms with Crippen LogP contribution in [0.4, 0.5) is 5.69 Å². The van der Waals surface area contributed by atoms with Gasteiger partial charge in [0.1, 0.15) is 19.3 Å². The number of nitro benzene ring substituents is 1. The Morgan fingerprint density at radius 3 is 2.62 bits per heavy atom. The maximum Gasteiger partial charge on any atom is 0.314 e. The molecule has 1 aliphatic carbocycles. The summed E-state index contributed by atoms with van der Waals surface area (Å²) in [6.45, 7) is 0.820. The van der Waals surface area contributed by atoms with Crippen LogP contribution in [0.3, 0.4) is 0 Å². The Balaban J connectivity index is 1.87. The van der Waals surface area contributed by atoms with Crippen LogP contribution in [0.1, 0.15) is 25.7 Å². The van der Waals surface area contributed by atoms with Crippen molar-refractivity contribution < 1.29 is 19.1 Å². The smallest absolute Gasteiger partial charge is 0.314 e. The zero-order valence-electron chi connectivity index (χ0n) is 11.6. The van der Waals surface area contributed by atoms with Gasteiger partial charge in [0.05, 0.1) is 11.0 Å². The molecule has 0 saturated heterocycles. The summed E-state index contributed by atoms with van der Waals surface area (Å²) in [5, 5.41) is 11.2. The first-order valence-corrected chi connectivity index (χ1v) is 7.14. The van der Waals surface area contributed by atoms with Crippen molar-refractivity contribution in [1.29, 1.82) is 0 Å². The fourth-order valence-corrected chi connectivity index (χ4v) is 2.76. The van der Waals surface area contributed by atoms with Crippen LogP contribution >= 0.6 is 0 Å². The number of hydrogen-bond acceptors (Lipinski definition) is 6. The van der Waals surface area contributed by atoms with Crippen LogP contribution in [0.25, 0.3) is 0 Å². The second-order valence-corrected chi connectivity index (χ2v) is 5.39. The topological polar surface area (TPSA) is 96.9 Å². The number of ether oxygens (including phenoxy) is 3. The molecule has 3 rings (SSSR count). The fraction of sp³-hybridized carbons (Fsp3) is 0.571. The quantitative estimate of drug-likeness (QED) is 0.676. The Labute approximate surface area is 122 Å². The van der Waals surface area contributed by atoms with Crippen LogP contribution in [0, 0.1) is 10.1 Å². The third-order valence-electron chi connectivity index (χ3n) is 3.78. The molecule has 2 N–H and O–H groups in total. The van der Waals surface area contributed by atoms with Crippen molar-refractivity contribution in [3.63, 3.8) is 0 Å². The van der Waals surface area contributed by atoms with E-state index in [1.165, 1.54) is 6.07 Å². The first-order valence-electron chi connectivity index (χ1n) is 7.14. The number of hydrogen-bond donors (Lipinski definition) is 1. The molecule has 1 aromatic carbocycles. The summed E-state index contributed by atoms with van der Waals surface area (Å²) in [6, 6.07) is 3.01. The predicted octanol–water partition coefficient (Wildman–Crippen LogP) is 2.01. The highest BCUT2D eigenvalue weighted by Crippen LogP contribution is 2.41. The first-order chi connectivity index (χ1) is 10.1. The standard InChI is InChI=1S/C14H18N2O5/c15-9-2-1-3-10(6-9)21-12-8-14-13(19-4-5-20-14)7-11(12)16(17)18/h7-10H,1-6,15H2. The van der Waals surface area contributed by atoms with E-state index in [4.69, 9.17) is 19.9 Å². The van der Waals surface area contributed by atoms with Gasteiger partial charge in [0, 0.05) is 12.1 Å². The number of nitrogens with two attached hydrogens (primary N) is 1. The number of benzene rings is 1. The third kappa shape index (κ3) is 3.02. The van der Waals surface area contributed by atoms with Crippen molar-refractivity contribution in [3.05, 3.63) is 22.2 Å². The van der Waals surface area contributed by atoms with E-state index >= 15 is 0 Å². The Kier molecular flexibility index (Phi) is 3.83. The van der Waals surface area contributed by atoms with E-state index < -0.39 is 4.92 Å². The zero-order chi connectivity index (χ0) is 14.8. The molecule has 2 atom stereocenters. The van der Waals surface area contributed by atoms with Gasteiger partial charge in [0.2, 0.25) is 5.75 Å². The van der Waals surface area contributed by atoms with E-state index in [0.29, 0.717) is 31.1 Å². The molecule has 1 aromatic rings. The minimum atomic E-state index is -0.462. The lowest BCUT2D eigenvalue weighted by Gasteiger charge is -2.27. The number of rotatable bonds is 3. The molecule has 114 valence electrons. The van der Waals surface area contributed by atoms with Gasteiger partial charge in [-0.05, 0) is 25.7 Å². The summed E-state index contributed by atoms with van der Waals surface area (Å²) in [7, 11) is 0. The van der Waals surface area contributed by atoms with Gasteiger partial charge in [0.15, 0.2) is 11.5 Å². The molecule has 0 aromatic heterocycles. The molecular formula is C14H18N2O5. The summed E-state index contributed by atoms with van der Waals surface area (Å²) < 4.78 is 16.7. The van der Waals surface area contributed by atoms with E-state index in [1.54, 1.807) is 6.07 Å². The highest BCUT2D eigenvalue weighted by atomic mass is 16.6. The Morgan fingerprint density at radius 2 is 1.95 bits per heavy atom. The normalized spacial score (nSPS) is 24.4. The van der Waals surface area contributed by atoms with Crippen LogP contribution in [0.5, 0.6) is 17.2 Å². The zero-order valence-corrected chi connectivity index (χ0v) is 11.6. The molecule has 1 aliphatic heterocycles. The van der Waals surface area contributed by atoms with Crippen LogP contribution < -0.4 is 19.9 Å². The Bertz CT molecular complexity index is 548. The molecule has 0 amide bonds. The van der Waals surface area contributed by atoms with E-state index in [1.807, 2.05) is 0 Å². The summed E-state index contributed by atoms with van der Waals surface area (Å²) >= 11 is 0. The summed E-state index contributed by atoms with van der Waals surface area (Å²) in [5.41, 5.74) is 5.83. The van der Waals surface area contributed by atoms with Gasteiger partial charge in [-0.15, -0.1) is 0 Å². The van der Waals surface area contributed by atoms with E-state index in [9.17, 15) is 10.1 Å². The molecule has 0 radical (unpaired) electrons. The summed E-state index contributed by atoms with van der Waals surface area (Å²) in [5.74, 6) is 1.10. The second-order valence-electron chi connectivity index (χ2n) is 5.39. The van der Waals surface area contributed by atoms with Crippen molar-refractivity contribution in [2.45, 2.75) is 37.8 Å². The molecule has 7 heteroatoms. The van der Waals surface area contributed by atoms with Gasteiger partial charge in [-0.2, -0.15) is 0 Å². The van der Waals surface area contributed by atoms with Gasteiger partial charge in [-0.25, -0.2) is 0 Å². The highest BCUT2D eigenvalue weighted by molar-refractivity contribution is 5.58. The van der Waals surface area contributed by atoms with Crippen LogP contribution in [-0.2, 0) is 0 Å². The van der Waals surface area contributed by atoms with Crippen molar-refractivity contribution in [3.8, 4) is 17.2 Å². The molecule has 2 aliphatic rings. The lowest BCUT2D eigenvalue weighted by molar-refractivity contribution is -0.386. The molecule has 0 bridgehead atoms. The minimum absolute atomic E-state index is 0.0880. The Hall–Kier alpha value is -2.02. The van der Waals surface area contributed by atoms with Gasteiger partial charge in [-0.1, -0.05) is 0 Å². The molecule has 7 nitrogen and oxygen atoms in total. The van der Waals surface area contributed by atoms with Gasteiger partial charge in [0.25, 0.3) is 0 Å². The number of nitro groups is 1. The van der Waals surface area contributed by atoms with Crippen molar-refractivity contribution in [1.82, 2.24) is 0 Å². The Morgan fingerprint density at radius 1 is 1.24 bits per heavy atom. The predicted molar refractivity (Wildman–Crippen MR) is 74.9 cm³/mol. The molecule has 0 spiro atoms. The fourth-order valence-electron chi connectivity index (χ4n) is 2.76. The molecular weight excluding hydrogens is 276 g/mol. The monoisotopic (exact) mass is 294 g/mol. The largest absolute Gasteiger partial charge is 0.486 e. The van der Waals surface area contributed by atoms with Crippen molar-refractivity contribution in [2.24, 2.45) is 5.73 Å². The highest BCUT2D eigenvalue weighted by Gasteiger charge is 2.27. The molecule has 1 heterocycles. The lowest BCUT2D eigenvalue weighted by Crippen LogP contribution is -2.33. The average molecular weight is 294 g/mol. The van der Waals surface area contributed by atoms with Crippen LogP contribution in [0.2, 0.25) is 0 Å². The molecule has 1 saturated carbocycles. The van der Waals surface area contributed by atoms with E-state index in [2.05, 4.69) is 0 Å². The lowest BCUT2D eigenvalue weighted by atomic mass is 9.93. The molecule has 1 fully saturated rings. The van der Waals surface area contributed by atoms with E-state index in [-0.39, 0.29) is 23.6 Å². The summed E-state index contributed by atoms with van der Waals surface area (Å²) in [4.78, 5) is 10.8. The maximum absolute atomic E-state index is 11.2. The van der Waals surface area contributed by atoms with Crippen molar-refractivity contribution in [2.75, 3.05) is 13.2 Å². The molecule has 21 heavy (non-hydrogen) atoms. The van der Waals surface area contributed by atoms with Gasteiger partial charge in [-0.3, -0.25) is 10.1 Å².